The van der Waals surface area contributed by atoms with Crippen LogP contribution in [0.2, 0.25) is 0 Å². The van der Waals surface area contributed by atoms with Crippen molar-refractivity contribution in [3.63, 3.8) is 0 Å². The molecule has 0 spiro atoms. The Balaban J connectivity index is 1.30. The number of fused-ring (bicyclic) bond motifs is 1. The molecule has 3 heterocycles. The second kappa shape index (κ2) is 7.69. The van der Waals surface area contributed by atoms with E-state index in [1.807, 2.05) is 23.6 Å². The Morgan fingerprint density at radius 2 is 1.71 bits per heavy atom. The maximum Gasteiger partial charge on any atom is 0.261 e. The molecule has 0 bridgehead atoms. The van der Waals surface area contributed by atoms with Crippen molar-refractivity contribution >= 4 is 34.2 Å². The van der Waals surface area contributed by atoms with Crippen molar-refractivity contribution < 1.29 is 14.4 Å². The Morgan fingerprint density at radius 3 is 2.39 bits per heavy atom. The Bertz CT molecular complexity index is 1010. The van der Waals surface area contributed by atoms with Crippen molar-refractivity contribution in [1.82, 2.24) is 14.9 Å². The molecule has 1 aliphatic heterocycles. The fourth-order valence-corrected chi connectivity index (χ4v) is 3.71. The second-order valence-electron chi connectivity index (χ2n) is 6.21. The molecule has 1 aromatic carbocycles. The Kier molecular flexibility index (Phi) is 4.94. The highest BCUT2D eigenvalue weighted by Crippen LogP contribution is 2.24. The fraction of sp³-hybridized carbons (Fsp3) is 0.150. The van der Waals surface area contributed by atoms with Crippen LogP contribution in [-0.2, 0) is 4.79 Å². The van der Waals surface area contributed by atoms with Crippen LogP contribution >= 0.6 is 11.3 Å². The predicted molar refractivity (Wildman–Crippen MR) is 105 cm³/mol. The second-order valence-corrected chi connectivity index (χ2v) is 7.07. The number of amides is 3. The zero-order valence-electron chi connectivity index (χ0n) is 14.8. The zero-order valence-corrected chi connectivity index (χ0v) is 15.6. The Hall–Kier alpha value is -3.39. The van der Waals surface area contributed by atoms with Gasteiger partial charge in [-0.15, -0.1) is 11.3 Å². The van der Waals surface area contributed by atoms with Crippen LogP contribution < -0.4 is 5.32 Å². The van der Waals surface area contributed by atoms with Crippen molar-refractivity contribution in [1.29, 1.82) is 0 Å². The van der Waals surface area contributed by atoms with Crippen molar-refractivity contribution in [3.05, 3.63) is 65.2 Å². The molecule has 0 atom stereocenters. The van der Waals surface area contributed by atoms with Crippen molar-refractivity contribution in [3.8, 4) is 11.4 Å². The highest BCUT2D eigenvalue weighted by Gasteiger charge is 2.34. The summed E-state index contributed by atoms with van der Waals surface area (Å²) in [4.78, 5) is 46.6. The summed E-state index contributed by atoms with van der Waals surface area (Å²) < 4.78 is 0. The van der Waals surface area contributed by atoms with Crippen LogP contribution in [-0.4, -0.2) is 39.1 Å². The fourth-order valence-electron chi connectivity index (χ4n) is 2.98. The molecule has 3 aromatic rings. The molecular formula is C20H16N4O3S. The van der Waals surface area contributed by atoms with E-state index in [0.717, 1.165) is 5.69 Å². The first-order chi connectivity index (χ1) is 13.6. The molecule has 0 saturated heterocycles. The van der Waals surface area contributed by atoms with Crippen LogP contribution in [0.3, 0.4) is 0 Å². The quantitative estimate of drug-likeness (QED) is 0.650. The maximum absolute atomic E-state index is 12.3. The van der Waals surface area contributed by atoms with Gasteiger partial charge in [-0.25, -0.2) is 4.98 Å². The number of imide groups is 1. The lowest BCUT2D eigenvalue weighted by molar-refractivity contribution is -0.116. The maximum atomic E-state index is 12.3. The molecule has 140 valence electrons. The molecule has 1 N–H and O–H groups in total. The molecule has 1 aliphatic rings. The van der Waals surface area contributed by atoms with Gasteiger partial charge in [0, 0.05) is 24.5 Å². The van der Waals surface area contributed by atoms with Crippen LogP contribution in [0.15, 0.2) is 54.0 Å². The van der Waals surface area contributed by atoms with Gasteiger partial charge in [0.25, 0.3) is 11.8 Å². The molecule has 0 radical (unpaired) electrons. The highest BCUT2D eigenvalue weighted by molar-refractivity contribution is 7.14. The third kappa shape index (κ3) is 3.54. The lowest BCUT2D eigenvalue weighted by atomic mass is 10.1. The van der Waals surface area contributed by atoms with Gasteiger partial charge in [-0.05, 0) is 30.7 Å². The van der Waals surface area contributed by atoms with Gasteiger partial charge in [0.15, 0.2) is 5.13 Å². The summed E-state index contributed by atoms with van der Waals surface area (Å²) in [6.07, 6.45) is 2.26. The summed E-state index contributed by atoms with van der Waals surface area (Å²) in [5, 5.41) is 5.07. The first kappa shape index (κ1) is 18.0. The van der Waals surface area contributed by atoms with E-state index in [2.05, 4.69) is 15.3 Å². The van der Waals surface area contributed by atoms with Gasteiger partial charge in [0.05, 0.1) is 16.8 Å². The number of anilines is 1. The number of rotatable bonds is 6. The Morgan fingerprint density at radius 1 is 1.00 bits per heavy atom. The topological polar surface area (TPSA) is 92.3 Å². The average Bonchev–Trinajstić information content (AvgIpc) is 3.28. The summed E-state index contributed by atoms with van der Waals surface area (Å²) in [6, 6.07) is 12.3. The summed E-state index contributed by atoms with van der Waals surface area (Å²) >= 11 is 1.32. The van der Waals surface area contributed by atoms with Crippen LogP contribution in [0.1, 0.15) is 33.6 Å². The molecule has 0 aliphatic carbocycles. The van der Waals surface area contributed by atoms with Crippen LogP contribution in [0.25, 0.3) is 11.4 Å². The smallest absolute Gasteiger partial charge is 0.261 e. The summed E-state index contributed by atoms with van der Waals surface area (Å²) in [7, 11) is 0. The standard InChI is InChI=1S/C20H16N4O3S/c25-17(23-20-22-16(12-28-20)15-8-3-4-10-21-15)9-5-11-24-18(26)13-6-1-2-7-14(13)19(24)27/h1-4,6-8,10,12H,5,9,11H2,(H,22,23,25). The van der Waals surface area contributed by atoms with Crippen LogP contribution in [0, 0.1) is 0 Å². The van der Waals surface area contributed by atoms with Gasteiger partial charge < -0.3 is 5.32 Å². The minimum Gasteiger partial charge on any atom is -0.302 e. The number of hydrogen-bond donors (Lipinski definition) is 1. The highest BCUT2D eigenvalue weighted by atomic mass is 32.1. The summed E-state index contributed by atoms with van der Waals surface area (Å²) in [5.74, 6) is -0.819. The van der Waals surface area contributed by atoms with Gasteiger partial charge >= 0.3 is 0 Å². The number of carbonyl (C=O) groups excluding carboxylic acids is 3. The van der Waals surface area contributed by atoms with Gasteiger partial charge in [-0.3, -0.25) is 24.3 Å². The average molecular weight is 392 g/mol. The SMILES string of the molecule is O=C(CCCN1C(=O)c2ccccc2C1=O)Nc1nc(-c2ccccn2)cs1. The lowest BCUT2D eigenvalue weighted by Gasteiger charge is -2.13. The van der Waals surface area contributed by atoms with Crippen molar-refractivity contribution in [2.24, 2.45) is 0 Å². The van der Waals surface area contributed by atoms with E-state index in [1.165, 1.54) is 16.2 Å². The number of nitrogens with zero attached hydrogens (tertiary/aromatic N) is 3. The molecule has 3 amide bonds. The third-order valence-electron chi connectivity index (χ3n) is 4.34. The molecule has 0 unspecified atom stereocenters. The number of aromatic nitrogens is 2. The van der Waals surface area contributed by atoms with Gasteiger partial charge in [0.1, 0.15) is 5.69 Å². The monoisotopic (exact) mass is 392 g/mol. The number of carbonyl (C=O) groups is 3. The van der Waals surface area contributed by atoms with E-state index >= 15 is 0 Å². The summed E-state index contributed by atoms with van der Waals surface area (Å²) in [6.45, 7) is 0.205. The van der Waals surface area contributed by atoms with E-state index in [4.69, 9.17) is 0 Å². The molecule has 8 heteroatoms. The number of pyridine rings is 1. The zero-order chi connectivity index (χ0) is 19.5. The van der Waals surface area contributed by atoms with Gasteiger partial charge in [-0.2, -0.15) is 0 Å². The van der Waals surface area contributed by atoms with E-state index in [-0.39, 0.29) is 30.7 Å². The van der Waals surface area contributed by atoms with Crippen molar-refractivity contribution in [2.75, 3.05) is 11.9 Å². The minimum atomic E-state index is -0.305. The van der Waals surface area contributed by atoms with Gasteiger partial charge in [-0.1, -0.05) is 18.2 Å². The van der Waals surface area contributed by atoms with Crippen molar-refractivity contribution in [2.45, 2.75) is 12.8 Å². The largest absolute Gasteiger partial charge is 0.302 e. The molecular weight excluding hydrogens is 376 g/mol. The lowest BCUT2D eigenvalue weighted by Crippen LogP contribution is -2.31. The number of hydrogen-bond acceptors (Lipinski definition) is 6. The molecule has 28 heavy (non-hydrogen) atoms. The molecule has 4 rings (SSSR count). The molecule has 0 fully saturated rings. The van der Waals surface area contributed by atoms with Crippen LogP contribution in [0.5, 0.6) is 0 Å². The van der Waals surface area contributed by atoms with E-state index in [0.29, 0.717) is 28.4 Å². The first-order valence-corrected chi connectivity index (χ1v) is 9.63. The molecule has 7 nitrogen and oxygen atoms in total. The minimum absolute atomic E-state index is 0.186. The van der Waals surface area contributed by atoms with E-state index in [9.17, 15) is 14.4 Å². The molecule has 2 aromatic heterocycles. The number of benzene rings is 1. The third-order valence-corrected chi connectivity index (χ3v) is 5.10. The Labute approximate surface area is 165 Å². The van der Waals surface area contributed by atoms with E-state index < -0.39 is 0 Å². The first-order valence-electron chi connectivity index (χ1n) is 8.75. The number of nitrogens with one attached hydrogen (secondary N) is 1. The molecule has 0 saturated carbocycles. The van der Waals surface area contributed by atoms with Crippen LogP contribution in [0.4, 0.5) is 5.13 Å². The number of thiazole rings is 1. The van der Waals surface area contributed by atoms with Gasteiger partial charge in [0.2, 0.25) is 5.91 Å². The predicted octanol–water partition coefficient (Wildman–Crippen LogP) is 3.22. The van der Waals surface area contributed by atoms with E-state index in [1.54, 1.807) is 30.5 Å². The summed E-state index contributed by atoms with van der Waals surface area (Å²) in [5.41, 5.74) is 2.28. The normalized spacial score (nSPS) is 12.9.